The van der Waals surface area contributed by atoms with Crippen LogP contribution in [-0.4, -0.2) is 44.0 Å². The fraction of sp³-hybridized carbons (Fsp3) is 0.556. The van der Waals surface area contributed by atoms with Gasteiger partial charge in [0.2, 0.25) is 0 Å². The molecule has 2 aromatic heterocycles. The van der Waals surface area contributed by atoms with Crippen molar-refractivity contribution in [2.75, 3.05) is 13.1 Å². The Morgan fingerprint density at radius 3 is 2.84 bits per heavy atom. The van der Waals surface area contributed by atoms with Gasteiger partial charge in [-0.3, -0.25) is 4.79 Å². The summed E-state index contributed by atoms with van der Waals surface area (Å²) < 4.78 is 38.1. The van der Waals surface area contributed by atoms with Gasteiger partial charge in [-0.2, -0.15) is 18.3 Å². The van der Waals surface area contributed by atoms with Crippen molar-refractivity contribution in [3.05, 3.63) is 16.6 Å². The minimum Gasteiger partial charge on any atom is -0.307 e. The predicted octanol–water partition coefficient (Wildman–Crippen LogP) is -0.323. The quantitative estimate of drug-likeness (QED) is 0.774. The van der Waals surface area contributed by atoms with E-state index in [1.165, 1.54) is 10.9 Å². The average Bonchev–Trinajstić information content (AvgIpc) is 2.69. The van der Waals surface area contributed by atoms with Crippen LogP contribution in [0.4, 0.5) is 13.2 Å². The number of halogens is 3. The highest BCUT2D eigenvalue weighted by atomic mass is 19.4. The maximum absolute atomic E-state index is 11.9. The van der Waals surface area contributed by atoms with E-state index in [1.54, 1.807) is 7.05 Å². The molecule has 0 aliphatic carbocycles. The normalized spacial score (nSPS) is 12.2. The molecule has 104 valence electrons. The molecule has 0 aliphatic rings. The Balaban J connectivity index is 2.06. The van der Waals surface area contributed by atoms with Crippen LogP contribution in [0.25, 0.3) is 11.0 Å². The van der Waals surface area contributed by atoms with Crippen LogP contribution in [-0.2, 0) is 13.6 Å². The van der Waals surface area contributed by atoms with Crippen molar-refractivity contribution in [2.45, 2.75) is 12.7 Å². The molecule has 2 rings (SSSR count). The third-order valence-corrected chi connectivity index (χ3v) is 2.45. The van der Waals surface area contributed by atoms with Gasteiger partial charge in [0.25, 0.3) is 5.56 Å². The summed E-state index contributed by atoms with van der Waals surface area (Å²) in [6.45, 7) is -1.13. The van der Waals surface area contributed by atoms with Crippen LogP contribution in [0, 0.1) is 0 Å². The highest BCUT2D eigenvalue weighted by molar-refractivity contribution is 5.72. The van der Waals surface area contributed by atoms with E-state index >= 15 is 0 Å². The van der Waals surface area contributed by atoms with Gasteiger partial charge in [0, 0.05) is 13.6 Å². The molecule has 0 atom stereocenters. The lowest BCUT2D eigenvalue weighted by Gasteiger charge is -2.08. The molecule has 0 amide bonds. The van der Waals surface area contributed by atoms with Crippen molar-refractivity contribution in [3.63, 3.8) is 0 Å². The SMILES string of the molecule is Cn1ncc2c(=O)n(CCNCC(F)(F)F)nnc21. The number of alkyl halides is 3. The molecule has 0 radical (unpaired) electrons. The zero-order chi connectivity index (χ0) is 14.0. The van der Waals surface area contributed by atoms with Crippen molar-refractivity contribution in [1.82, 2.24) is 30.1 Å². The molecule has 2 heterocycles. The van der Waals surface area contributed by atoms with Crippen LogP contribution in [0.2, 0.25) is 0 Å². The molecule has 0 saturated heterocycles. The summed E-state index contributed by atoms with van der Waals surface area (Å²) >= 11 is 0. The minimum atomic E-state index is -4.27. The molecular weight excluding hydrogens is 265 g/mol. The summed E-state index contributed by atoms with van der Waals surface area (Å²) in [7, 11) is 1.62. The van der Waals surface area contributed by atoms with Gasteiger partial charge in [-0.05, 0) is 0 Å². The smallest absolute Gasteiger partial charge is 0.307 e. The number of hydrogen-bond donors (Lipinski definition) is 1. The van der Waals surface area contributed by atoms with Crippen LogP contribution in [0.3, 0.4) is 0 Å². The lowest BCUT2D eigenvalue weighted by atomic mass is 10.4. The first kappa shape index (κ1) is 13.5. The van der Waals surface area contributed by atoms with Gasteiger partial charge in [-0.15, -0.1) is 5.10 Å². The molecule has 0 fully saturated rings. The van der Waals surface area contributed by atoms with Gasteiger partial charge in [-0.25, -0.2) is 9.36 Å². The van der Waals surface area contributed by atoms with Crippen molar-refractivity contribution in [3.8, 4) is 0 Å². The van der Waals surface area contributed by atoms with Crippen molar-refractivity contribution in [1.29, 1.82) is 0 Å². The van der Waals surface area contributed by atoms with Crippen molar-refractivity contribution >= 4 is 11.0 Å². The van der Waals surface area contributed by atoms with Gasteiger partial charge in [0.05, 0.1) is 19.3 Å². The zero-order valence-electron chi connectivity index (χ0n) is 9.98. The van der Waals surface area contributed by atoms with Gasteiger partial charge in [-0.1, -0.05) is 5.21 Å². The molecule has 0 spiro atoms. The lowest BCUT2D eigenvalue weighted by molar-refractivity contribution is -0.124. The average molecular weight is 276 g/mol. The highest BCUT2D eigenvalue weighted by Crippen LogP contribution is 2.11. The Hall–Kier alpha value is -1.97. The summed E-state index contributed by atoms with van der Waals surface area (Å²) in [4.78, 5) is 11.9. The first-order valence-electron chi connectivity index (χ1n) is 5.41. The fourth-order valence-electron chi connectivity index (χ4n) is 1.54. The van der Waals surface area contributed by atoms with Gasteiger partial charge in [0.15, 0.2) is 5.65 Å². The third-order valence-electron chi connectivity index (χ3n) is 2.45. The number of nitrogens with one attached hydrogen (secondary N) is 1. The summed E-state index contributed by atoms with van der Waals surface area (Å²) in [6, 6.07) is 0. The first-order chi connectivity index (χ1) is 8.88. The summed E-state index contributed by atoms with van der Waals surface area (Å²) in [5.74, 6) is 0. The molecule has 7 nitrogen and oxygen atoms in total. The second kappa shape index (κ2) is 4.96. The van der Waals surface area contributed by atoms with E-state index in [1.807, 2.05) is 0 Å². The number of aromatic nitrogens is 5. The maximum atomic E-state index is 11.9. The zero-order valence-corrected chi connectivity index (χ0v) is 9.98. The molecule has 0 unspecified atom stereocenters. The third kappa shape index (κ3) is 3.08. The Morgan fingerprint density at radius 1 is 1.42 bits per heavy atom. The largest absolute Gasteiger partial charge is 0.401 e. The number of aryl methyl sites for hydroxylation is 1. The molecule has 0 aliphatic heterocycles. The molecular formula is C9H11F3N6O. The fourth-order valence-corrected chi connectivity index (χ4v) is 1.54. The topological polar surface area (TPSA) is 77.6 Å². The van der Waals surface area contributed by atoms with Gasteiger partial charge < -0.3 is 5.32 Å². The predicted molar refractivity (Wildman–Crippen MR) is 59.5 cm³/mol. The van der Waals surface area contributed by atoms with Gasteiger partial charge >= 0.3 is 6.18 Å². The molecule has 2 aromatic rings. The van der Waals surface area contributed by atoms with E-state index < -0.39 is 18.3 Å². The van der Waals surface area contributed by atoms with Crippen LogP contribution >= 0.6 is 0 Å². The maximum Gasteiger partial charge on any atom is 0.401 e. The Bertz CT molecular complexity index is 631. The molecule has 0 saturated carbocycles. The van der Waals surface area contributed by atoms with Crippen LogP contribution in [0.5, 0.6) is 0 Å². The Morgan fingerprint density at radius 2 is 2.16 bits per heavy atom. The van der Waals surface area contributed by atoms with Crippen molar-refractivity contribution < 1.29 is 13.2 Å². The summed E-state index contributed by atoms with van der Waals surface area (Å²) in [5.41, 5.74) is -0.0867. The van der Waals surface area contributed by atoms with E-state index in [2.05, 4.69) is 20.7 Å². The van der Waals surface area contributed by atoms with E-state index in [0.717, 1.165) is 4.68 Å². The van der Waals surface area contributed by atoms with Gasteiger partial charge in [0.1, 0.15) is 5.39 Å². The summed E-state index contributed by atoms with van der Waals surface area (Å²) in [5, 5.41) is 13.8. The van der Waals surface area contributed by atoms with E-state index in [4.69, 9.17) is 0 Å². The van der Waals surface area contributed by atoms with E-state index in [0.29, 0.717) is 5.65 Å². The number of hydrogen-bond acceptors (Lipinski definition) is 5. The van der Waals surface area contributed by atoms with Crippen molar-refractivity contribution in [2.24, 2.45) is 7.05 Å². The highest BCUT2D eigenvalue weighted by Gasteiger charge is 2.26. The van der Waals surface area contributed by atoms with Crippen LogP contribution < -0.4 is 10.9 Å². The first-order valence-corrected chi connectivity index (χ1v) is 5.41. The lowest BCUT2D eigenvalue weighted by Crippen LogP contribution is -2.34. The standard InChI is InChI=1S/C9H11F3N6O/c1-17-7-6(4-14-17)8(19)18(16-15-7)3-2-13-5-9(10,11)12/h4,13H,2-3,5H2,1H3. The second-order valence-electron chi connectivity index (χ2n) is 3.92. The number of nitrogens with zero attached hydrogens (tertiary/aromatic N) is 5. The molecule has 19 heavy (non-hydrogen) atoms. The molecule has 0 bridgehead atoms. The Labute approximate surface area is 105 Å². The molecule has 1 N–H and O–H groups in total. The van der Waals surface area contributed by atoms with Crippen LogP contribution in [0.1, 0.15) is 0 Å². The second-order valence-corrected chi connectivity index (χ2v) is 3.92. The molecule has 10 heteroatoms. The Kier molecular flexibility index (Phi) is 3.51. The minimum absolute atomic E-state index is 0.00669. The molecule has 0 aromatic carbocycles. The monoisotopic (exact) mass is 276 g/mol. The van der Waals surface area contributed by atoms with E-state index in [9.17, 15) is 18.0 Å². The number of fused-ring (bicyclic) bond motifs is 1. The number of rotatable bonds is 4. The summed E-state index contributed by atoms with van der Waals surface area (Å²) in [6.07, 6.45) is -2.92. The van der Waals surface area contributed by atoms with Crippen LogP contribution in [0.15, 0.2) is 11.0 Å². The van der Waals surface area contributed by atoms with E-state index in [-0.39, 0.29) is 18.5 Å².